The maximum Gasteiger partial charge on any atom is 0.274 e. The van der Waals surface area contributed by atoms with Crippen molar-refractivity contribution in [2.45, 2.75) is 39.5 Å². The van der Waals surface area contributed by atoms with E-state index < -0.39 is 0 Å². The van der Waals surface area contributed by atoms with Crippen LogP contribution in [0.1, 0.15) is 58.6 Å². The Morgan fingerprint density at radius 1 is 0.946 bits per heavy atom. The van der Waals surface area contributed by atoms with Crippen molar-refractivity contribution in [1.29, 1.82) is 0 Å². The predicted octanol–water partition coefficient (Wildman–Crippen LogP) is 7.31. The third-order valence-electron chi connectivity index (χ3n) is 7.65. The van der Waals surface area contributed by atoms with E-state index in [1.165, 1.54) is 11.3 Å². The molecule has 1 amide bonds. The Labute approximate surface area is 217 Å². The van der Waals surface area contributed by atoms with Gasteiger partial charge in [-0.25, -0.2) is 4.98 Å². The second-order valence-corrected chi connectivity index (χ2v) is 10.6. The minimum atomic E-state index is -0.174. The number of nitrogens with zero attached hydrogens (tertiary/aromatic N) is 2. The van der Waals surface area contributed by atoms with E-state index in [0.29, 0.717) is 11.6 Å². The number of benzene rings is 3. The average molecular weight is 489 g/mol. The molecule has 0 spiro atoms. The molecular formula is C32H32N4O. The van der Waals surface area contributed by atoms with Crippen LogP contribution in [0.4, 0.5) is 11.4 Å². The van der Waals surface area contributed by atoms with Crippen molar-refractivity contribution >= 4 is 39.1 Å². The summed E-state index contributed by atoms with van der Waals surface area (Å²) in [5.41, 5.74) is 9.06. The molecule has 5 heteroatoms. The van der Waals surface area contributed by atoms with Gasteiger partial charge in [0.1, 0.15) is 5.69 Å². The van der Waals surface area contributed by atoms with Crippen molar-refractivity contribution in [1.82, 2.24) is 9.97 Å². The number of para-hydroxylation sites is 2. The molecule has 5 nitrogen and oxygen atoms in total. The predicted molar refractivity (Wildman–Crippen MR) is 153 cm³/mol. The third-order valence-corrected chi connectivity index (χ3v) is 7.65. The van der Waals surface area contributed by atoms with Crippen molar-refractivity contribution in [3.63, 3.8) is 0 Å². The summed E-state index contributed by atoms with van der Waals surface area (Å²) in [6, 6.07) is 25.1. The molecule has 3 aromatic carbocycles. The summed E-state index contributed by atoms with van der Waals surface area (Å²) in [5, 5.41) is 5.29. The van der Waals surface area contributed by atoms with Gasteiger partial charge in [-0.15, -0.1) is 0 Å². The lowest BCUT2D eigenvalue weighted by Gasteiger charge is -2.41. The van der Waals surface area contributed by atoms with Gasteiger partial charge < -0.3 is 15.2 Å². The van der Waals surface area contributed by atoms with Crippen molar-refractivity contribution in [2.24, 2.45) is 0 Å². The van der Waals surface area contributed by atoms with Gasteiger partial charge in [0.05, 0.1) is 11.2 Å². The number of carbonyl (C=O) groups is 1. The Morgan fingerprint density at radius 2 is 1.68 bits per heavy atom. The summed E-state index contributed by atoms with van der Waals surface area (Å²) < 4.78 is 0. The highest BCUT2D eigenvalue weighted by molar-refractivity contribution is 6.12. The average Bonchev–Trinajstić information content (AvgIpc) is 3.24. The second kappa shape index (κ2) is 9.07. The first-order valence-corrected chi connectivity index (χ1v) is 13.0. The highest BCUT2D eigenvalue weighted by Crippen LogP contribution is 2.37. The lowest BCUT2D eigenvalue weighted by atomic mass is 9.92. The van der Waals surface area contributed by atoms with Gasteiger partial charge in [0, 0.05) is 46.7 Å². The summed E-state index contributed by atoms with van der Waals surface area (Å²) in [7, 11) is 0. The van der Waals surface area contributed by atoms with Crippen LogP contribution in [0.5, 0.6) is 0 Å². The highest BCUT2D eigenvalue weighted by atomic mass is 16.1. The number of fused-ring (bicyclic) bond motifs is 3. The van der Waals surface area contributed by atoms with E-state index in [4.69, 9.17) is 4.98 Å². The summed E-state index contributed by atoms with van der Waals surface area (Å²) in [6.45, 7) is 10.2. The zero-order chi connectivity index (χ0) is 25.7. The van der Waals surface area contributed by atoms with E-state index in [1.54, 1.807) is 0 Å². The van der Waals surface area contributed by atoms with Gasteiger partial charge in [-0.1, -0.05) is 62.4 Å². The van der Waals surface area contributed by atoms with E-state index in [-0.39, 0.29) is 11.8 Å². The van der Waals surface area contributed by atoms with Gasteiger partial charge in [0.15, 0.2) is 0 Å². The smallest absolute Gasteiger partial charge is 0.274 e. The molecule has 0 atom stereocenters. The molecule has 0 unspecified atom stereocenters. The normalized spacial score (nSPS) is 13.9. The molecule has 1 saturated heterocycles. The SMILES string of the molecule is Cc1cccc(C)c1NC(=O)c1cc2c([nH]c3ccccc32)c(C2CN(c3cccc(C(C)C)c3)C2)n1. The molecule has 0 radical (unpaired) electrons. The number of pyridine rings is 1. The molecule has 0 aliphatic carbocycles. The van der Waals surface area contributed by atoms with Crippen LogP contribution in [0.2, 0.25) is 0 Å². The number of anilines is 2. The van der Waals surface area contributed by atoms with Crippen LogP contribution in [-0.2, 0) is 0 Å². The molecule has 1 aliphatic heterocycles. The van der Waals surface area contributed by atoms with Gasteiger partial charge in [-0.3, -0.25) is 4.79 Å². The third kappa shape index (κ3) is 4.14. The van der Waals surface area contributed by atoms with Crippen LogP contribution in [-0.4, -0.2) is 29.0 Å². The number of hydrogen-bond acceptors (Lipinski definition) is 3. The summed E-state index contributed by atoms with van der Waals surface area (Å²) in [4.78, 5) is 24.5. The summed E-state index contributed by atoms with van der Waals surface area (Å²) in [5.74, 6) is 0.564. The van der Waals surface area contributed by atoms with Crippen LogP contribution >= 0.6 is 0 Å². The number of aromatic nitrogens is 2. The highest BCUT2D eigenvalue weighted by Gasteiger charge is 2.32. The first kappa shape index (κ1) is 23.3. The fraction of sp³-hybridized carbons (Fsp3) is 0.250. The van der Waals surface area contributed by atoms with Gasteiger partial charge in [0.2, 0.25) is 0 Å². The van der Waals surface area contributed by atoms with Crippen molar-refractivity contribution < 1.29 is 4.79 Å². The maximum atomic E-state index is 13.5. The topological polar surface area (TPSA) is 61.0 Å². The number of carbonyl (C=O) groups excluding carboxylic acids is 1. The fourth-order valence-electron chi connectivity index (χ4n) is 5.41. The number of aryl methyl sites for hydroxylation is 2. The van der Waals surface area contributed by atoms with Crippen molar-refractivity contribution in [3.05, 3.63) is 101 Å². The van der Waals surface area contributed by atoms with Crippen molar-refractivity contribution in [2.75, 3.05) is 23.3 Å². The molecule has 6 rings (SSSR count). The van der Waals surface area contributed by atoms with E-state index in [0.717, 1.165) is 57.4 Å². The lowest BCUT2D eigenvalue weighted by molar-refractivity contribution is 0.102. The molecule has 3 heterocycles. The van der Waals surface area contributed by atoms with Gasteiger partial charge in [0.25, 0.3) is 5.91 Å². The van der Waals surface area contributed by atoms with Gasteiger partial charge in [-0.2, -0.15) is 0 Å². The van der Waals surface area contributed by atoms with Gasteiger partial charge >= 0.3 is 0 Å². The van der Waals surface area contributed by atoms with Crippen LogP contribution in [0.25, 0.3) is 21.8 Å². The molecule has 0 bridgehead atoms. The quantitative estimate of drug-likeness (QED) is 0.273. The van der Waals surface area contributed by atoms with E-state index in [2.05, 4.69) is 65.4 Å². The number of nitrogens with one attached hydrogen (secondary N) is 2. The van der Waals surface area contributed by atoms with Crippen LogP contribution in [0, 0.1) is 13.8 Å². The Morgan fingerprint density at radius 3 is 2.43 bits per heavy atom. The van der Waals surface area contributed by atoms with E-state index >= 15 is 0 Å². The number of amides is 1. The zero-order valence-corrected chi connectivity index (χ0v) is 21.8. The lowest BCUT2D eigenvalue weighted by Crippen LogP contribution is -2.45. The number of hydrogen-bond donors (Lipinski definition) is 2. The first-order valence-electron chi connectivity index (χ1n) is 13.0. The summed E-state index contributed by atoms with van der Waals surface area (Å²) >= 11 is 0. The molecule has 37 heavy (non-hydrogen) atoms. The Kier molecular flexibility index (Phi) is 5.71. The minimum absolute atomic E-state index is 0.174. The number of H-pyrrole nitrogens is 1. The molecule has 186 valence electrons. The minimum Gasteiger partial charge on any atom is -0.370 e. The molecular weight excluding hydrogens is 456 g/mol. The van der Waals surface area contributed by atoms with E-state index in [1.807, 2.05) is 50.2 Å². The molecule has 1 aliphatic rings. The summed E-state index contributed by atoms with van der Waals surface area (Å²) in [6.07, 6.45) is 0. The molecule has 2 aromatic heterocycles. The first-order chi connectivity index (χ1) is 17.9. The molecule has 1 fully saturated rings. The van der Waals surface area contributed by atoms with Gasteiger partial charge in [-0.05, 0) is 60.7 Å². The van der Waals surface area contributed by atoms with Crippen LogP contribution < -0.4 is 10.2 Å². The fourth-order valence-corrected chi connectivity index (χ4v) is 5.41. The molecule has 0 saturated carbocycles. The monoisotopic (exact) mass is 488 g/mol. The zero-order valence-electron chi connectivity index (χ0n) is 21.8. The largest absolute Gasteiger partial charge is 0.370 e. The number of aromatic amines is 1. The Bertz CT molecular complexity index is 1620. The molecule has 5 aromatic rings. The Balaban J connectivity index is 1.37. The standard InChI is InChI=1S/C32H32N4O/c1-19(2)22-11-8-12-24(15-22)36-17-23(18-36)30-31-26(25-13-5-6-14-27(25)33-31)16-28(34-30)32(37)35-29-20(3)9-7-10-21(29)4/h5-16,19,23,33H,17-18H2,1-4H3,(H,35,37). The number of rotatable bonds is 5. The van der Waals surface area contributed by atoms with E-state index in [9.17, 15) is 4.79 Å². The Hall–Kier alpha value is -4.12. The second-order valence-electron chi connectivity index (χ2n) is 10.6. The van der Waals surface area contributed by atoms with Crippen LogP contribution in [0.3, 0.4) is 0 Å². The van der Waals surface area contributed by atoms with Crippen molar-refractivity contribution in [3.8, 4) is 0 Å². The molecule has 2 N–H and O–H groups in total. The maximum absolute atomic E-state index is 13.5. The van der Waals surface area contributed by atoms with Crippen LogP contribution in [0.15, 0.2) is 72.8 Å².